The fraction of sp³-hybridized carbons (Fsp3) is 0.667. The lowest BCUT2D eigenvalue weighted by atomic mass is 10.8. The Labute approximate surface area is 79.8 Å². The van der Waals surface area contributed by atoms with Crippen LogP contribution in [-0.2, 0) is 11.4 Å². The van der Waals surface area contributed by atoms with E-state index < -0.39 is 0 Å². The Balaban J connectivity index is -0.000000180. The van der Waals surface area contributed by atoms with Gasteiger partial charge in [-0.15, -0.1) is 17.0 Å². The van der Waals surface area contributed by atoms with Crippen molar-refractivity contribution in [2.45, 2.75) is 0 Å². The topological polar surface area (TPSA) is 78.1 Å². The Morgan fingerprint density at radius 2 is 1.78 bits per heavy atom. The molecular formula is C3H11Br2N3S. The van der Waals surface area contributed by atoms with Gasteiger partial charge in [0.25, 0.3) is 0 Å². The van der Waals surface area contributed by atoms with Crippen molar-refractivity contribution in [1.82, 2.24) is 0 Å². The molecule has 58 valence electrons. The average molecular weight is 281 g/mol. The number of hydrogen-bond acceptors (Lipinski definition) is 1. The molecule has 9 heavy (non-hydrogen) atoms. The third kappa shape index (κ3) is 17.6. The van der Waals surface area contributed by atoms with Crippen LogP contribution < -0.4 is 34.2 Å². The van der Waals surface area contributed by atoms with Gasteiger partial charge in [0.1, 0.15) is 0 Å². The molecule has 0 aliphatic rings. The van der Waals surface area contributed by atoms with E-state index in [2.05, 4.69) is 0 Å². The summed E-state index contributed by atoms with van der Waals surface area (Å²) in [6, 6.07) is 0. The number of rotatable bonds is 2. The SMILES string of the molecule is Br.NCC[S+]=C(N)N.[Br-]. The summed E-state index contributed by atoms with van der Waals surface area (Å²) in [5, 5.41) is 0.394. The van der Waals surface area contributed by atoms with E-state index in [1.165, 1.54) is 11.4 Å². The molecular weight excluding hydrogens is 270 g/mol. The summed E-state index contributed by atoms with van der Waals surface area (Å²) in [4.78, 5) is 0. The molecule has 0 aliphatic carbocycles. The van der Waals surface area contributed by atoms with Crippen molar-refractivity contribution in [1.29, 1.82) is 0 Å². The second-order valence-electron chi connectivity index (χ2n) is 1.04. The second kappa shape index (κ2) is 11.7. The molecule has 0 rings (SSSR count). The molecule has 0 bridgehead atoms. The minimum Gasteiger partial charge on any atom is -1.00 e. The van der Waals surface area contributed by atoms with Gasteiger partial charge in [0, 0.05) is 6.54 Å². The first kappa shape index (κ1) is 16.5. The van der Waals surface area contributed by atoms with Crippen molar-refractivity contribution in [2.75, 3.05) is 12.3 Å². The zero-order chi connectivity index (χ0) is 5.70. The van der Waals surface area contributed by atoms with E-state index in [1.54, 1.807) is 0 Å². The van der Waals surface area contributed by atoms with Crippen LogP contribution in [0, 0.1) is 0 Å². The summed E-state index contributed by atoms with van der Waals surface area (Å²) < 4.78 is 0. The standard InChI is InChI=1S/C3H10N3S.2BrH/c4-1-2-7-3(5)6;;/h1-2,4-6H2;2*1H/q+1;;/p-1. The normalized spacial score (nSPS) is 6.56. The summed E-state index contributed by atoms with van der Waals surface area (Å²) >= 11 is 1.38. The molecule has 6 N–H and O–H groups in total. The maximum Gasteiger partial charge on any atom is 0.314 e. The fourth-order valence-electron chi connectivity index (χ4n) is 0.177. The third-order valence-corrected chi connectivity index (χ3v) is 1.16. The predicted molar refractivity (Wildman–Crippen MR) is 45.0 cm³/mol. The molecule has 6 heteroatoms. The van der Waals surface area contributed by atoms with Gasteiger partial charge in [-0.1, -0.05) is 0 Å². The molecule has 0 saturated heterocycles. The van der Waals surface area contributed by atoms with E-state index in [-0.39, 0.29) is 34.0 Å². The molecule has 0 atom stereocenters. The molecule has 0 amide bonds. The molecule has 0 saturated carbocycles. The van der Waals surface area contributed by atoms with Gasteiger partial charge in [-0.3, -0.25) is 0 Å². The highest BCUT2D eigenvalue weighted by Crippen LogP contribution is 1.52. The van der Waals surface area contributed by atoms with E-state index in [9.17, 15) is 0 Å². The summed E-state index contributed by atoms with van der Waals surface area (Å²) in [7, 11) is 0. The summed E-state index contributed by atoms with van der Waals surface area (Å²) in [5.74, 6) is 0.808. The molecule has 0 aromatic carbocycles. The van der Waals surface area contributed by atoms with Crippen LogP contribution in [0.25, 0.3) is 0 Å². The van der Waals surface area contributed by atoms with Crippen LogP contribution in [0.4, 0.5) is 0 Å². The van der Waals surface area contributed by atoms with Gasteiger partial charge < -0.3 is 22.7 Å². The zero-order valence-corrected chi connectivity index (χ0v) is 8.96. The maximum atomic E-state index is 5.13. The molecule has 0 spiro atoms. The van der Waals surface area contributed by atoms with Crippen LogP contribution in [0.15, 0.2) is 0 Å². The van der Waals surface area contributed by atoms with Crippen LogP contribution in [0.1, 0.15) is 0 Å². The van der Waals surface area contributed by atoms with E-state index >= 15 is 0 Å². The predicted octanol–water partition coefficient (Wildman–Crippen LogP) is -4.39. The first-order valence-corrected chi connectivity index (χ1v) is 2.96. The quantitative estimate of drug-likeness (QED) is 0.353. The minimum absolute atomic E-state index is 0. The van der Waals surface area contributed by atoms with Crippen molar-refractivity contribution in [3.63, 3.8) is 0 Å². The lowest BCUT2D eigenvalue weighted by Crippen LogP contribution is -3.00. The molecule has 0 aliphatic heterocycles. The maximum absolute atomic E-state index is 5.13. The van der Waals surface area contributed by atoms with Crippen LogP contribution in [-0.4, -0.2) is 17.4 Å². The molecule has 0 radical (unpaired) electrons. The van der Waals surface area contributed by atoms with Crippen molar-refractivity contribution < 1.29 is 17.0 Å². The molecule has 0 unspecified atom stereocenters. The highest BCUT2D eigenvalue weighted by Gasteiger charge is 1.92. The molecule has 0 fully saturated rings. The Morgan fingerprint density at radius 1 is 1.33 bits per heavy atom. The van der Waals surface area contributed by atoms with Gasteiger partial charge in [-0.05, 0) is 0 Å². The Bertz CT molecular complexity index is 73.5. The molecule has 0 aromatic heterocycles. The summed E-state index contributed by atoms with van der Waals surface area (Å²) in [6.45, 7) is 0.628. The minimum atomic E-state index is 0. The van der Waals surface area contributed by atoms with Gasteiger partial charge >= 0.3 is 5.11 Å². The number of halogens is 2. The Kier molecular flexibility index (Phi) is 21.4. The van der Waals surface area contributed by atoms with E-state index in [1.807, 2.05) is 0 Å². The van der Waals surface area contributed by atoms with E-state index in [0.29, 0.717) is 11.7 Å². The van der Waals surface area contributed by atoms with E-state index in [4.69, 9.17) is 17.2 Å². The van der Waals surface area contributed by atoms with Crippen molar-refractivity contribution in [3.05, 3.63) is 0 Å². The average Bonchev–Trinajstić information content (AvgIpc) is 1.61. The molecule has 3 nitrogen and oxygen atoms in total. The Morgan fingerprint density at radius 3 is 1.89 bits per heavy atom. The summed E-state index contributed by atoms with van der Waals surface area (Å²) in [5.41, 5.74) is 15.3. The third-order valence-electron chi connectivity index (χ3n) is 0.387. The molecule has 0 aromatic rings. The van der Waals surface area contributed by atoms with Gasteiger partial charge in [-0.25, -0.2) is 11.5 Å². The van der Waals surface area contributed by atoms with Gasteiger partial charge in [-0.2, -0.15) is 0 Å². The van der Waals surface area contributed by atoms with Crippen molar-refractivity contribution in [2.24, 2.45) is 17.2 Å². The first-order valence-electron chi connectivity index (χ1n) is 1.98. The van der Waals surface area contributed by atoms with Crippen molar-refractivity contribution >= 4 is 33.4 Å². The van der Waals surface area contributed by atoms with Gasteiger partial charge in [0.05, 0.1) is 0 Å². The monoisotopic (exact) mass is 279 g/mol. The van der Waals surface area contributed by atoms with Crippen LogP contribution >= 0.6 is 17.0 Å². The highest BCUT2D eigenvalue weighted by molar-refractivity contribution is 8.93. The lowest BCUT2D eigenvalue weighted by molar-refractivity contribution is -0.00000188. The zero-order valence-electron chi connectivity index (χ0n) is 4.84. The first-order chi connectivity index (χ1) is 3.27. The van der Waals surface area contributed by atoms with Crippen molar-refractivity contribution in [3.8, 4) is 0 Å². The van der Waals surface area contributed by atoms with Crippen LogP contribution in [0.5, 0.6) is 0 Å². The molecule has 0 heterocycles. The summed E-state index contributed by atoms with van der Waals surface area (Å²) in [6.07, 6.45) is 0. The van der Waals surface area contributed by atoms with Gasteiger partial charge in [0.15, 0.2) is 5.75 Å². The largest absolute Gasteiger partial charge is 1.00 e. The van der Waals surface area contributed by atoms with Crippen LogP contribution in [0.3, 0.4) is 0 Å². The lowest BCUT2D eigenvalue weighted by Gasteiger charge is -1.69. The fourth-order valence-corrected chi connectivity index (χ4v) is 0.530. The number of nitrogens with two attached hydrogens (primary N) is 3. The number of hydrogen-bond donors (Lipinski definition) is 3. The Hall–Kier alpha value is 0.930. The smallest absolute Gasteiger partial charge is 0.314 e. The second-order valence-corrected chi connectivity index (χ2v) is 2.21. The van der Waals surface area contributed by atoms with Crippen LogP contribution in [0.2, 0.25) is 0 Å². The van der Waals surface area contributed by atoms with Gasteiger partial charge in [0.2, 0.25) is 11.4 Å². The highest BCUT2D eigenvalue weighted by atomic mass is 79.9. The van der Waals surface area contributed by atoms with E-state index in [0.717, 1.165) is 5.75 Å².